The first-order chi connectivity index (χ1) is 11.0. The van der Waals surface area contributed by atoms with E-state index in [1.165, 1.54) is 12.1 Å². The Hall–Kier alpha value is -0.830. The average Bonchev–Trinajstić information content (AvgIpc) is 2.44. The molecule has 4 N–H and O–H groups in total. The average molecular weight is 424 g/mol. The zero-order valence-electron chi connectivity index (χ0n) is 13.5. The Bertz CT molecular complexity index is 871. The third-order valence-corrected chi connectivity index (χ3v) is 2.91. The van der Waals surface area contributed by atoms with Crippen LogP contribution in [0.4, 0.5) is 0 Å². The molecular weight excluding hydrogens is 414 g/mol. The number of aromatic hydroxyl groups is 4. The first-order valence-electron chi connectivity index (χ1n) is 5.58. The van der Waals surface area contributed by atoms with E-state index in [1.54, 1.807) is 12.1 Å². The number of phenols is 4. The second-order valence-corrected chi connectivity index (χ2v) is 5.46. The van der Waals surface area contributed by atoms with E-state index in [2.05, 4.69) is 6.07 Å². The molecule has 0 aromatic heterocycles. The molecule has 2 rings (SSSR count). The van der Waals surface area contributed by atoms with Gasteiger partial charge in [-0.05, 0) is 17.0 Å². The SMILES string of the molecule is O=S(=O)([O-])c1c[c-]cc(O)c1O.O=S(=O)=O.Oc1ccccc1O.[Na+].[Na+]. The van der Waals surface area contributed by atoms with Crippen molar-refractivity contribution in [2.75, 3.05) is 0 Å². The summed E-state index contributed by atoms with van der Waals surface area (Å²) in [6.45, 7) is 0. The minimum Gasteiger partial charge on any atom is -0.754 e. The fourth-order valence-electron chi connectivity index (χ4n) is 1.11. The fraction of sp³-hybridized carbons (Fsp3) is 0. The van der Waals surface area contributed by atoms with Crippen LogP contribution in [0.5, 0.6) is 23.0 Å². The van der Waals surface area contributed by atoms with Gasteiger partial charge in [0.15, 0.2) is 11.5 Å². The number of hydrogen-bond acceptors (Lipinski definition) is 10. The summed E-state index contributed by atoms with van der Waals surface area (Å²) in [6.07, 6.45) is 0. The number of para-hydroxylation sites is 2. The smallest absolute Gasteiger partial charge is 0.754 e. The van der Waals surface area contributed by atoms with Gasteiger partial charge in [0, 0.05) is 5.75 Å². The van der Waals surface area contributed by atoms with E-state index in [1.807, 2.05) is 0 Å². The molecule has 0 amide bonds. The number of phenolic OH excluding ortho intramolecular Hbond substituents is 4. The van der Waals surface area contributed by atoms with E-state index in [-0.39, 0.29) is 70.6 Å². The normalized spacial score (nSPS) is 8.96. The molecule has 2 aromatic carbocycles. The maximum Gasteiger partial charge on any atom is 1.00 e. The molecule has 132 valence electrons. The van der Waals surface area contributed by atoms with Gasteiger partial charge in [0.1, 0.15) is 0 Å². The molecule has 0 unspecified atom stereocenters. The van der Waals surface area contributed by atoms with Gasteiger partial charge in [-0.2, -0.15) is 12.1 Å². The first kappa shape index (κ1) is 29.9. The Labute approximate surface area is 194 Å². The van der Waals surface area contributed by atoms with Crippen LogP contribution in [0.3, 0.4) is 0 Å². The van der Waals surface area contributed by atoms with Crippen molar-refractivity contribution in [3.8, 4) is 23.0 Å². The summed E-state index contributed by atoms with van der Waals surface area (Å²) >= 11 is 0. The quantitative estimate of drug-likeness (QED) is 0.148. The predicted octanol–water partition coefficient (Wildman–Crippen LogP) is -6.10. The Morgan fingerprint density at radius 3 is 1.50 bits per heavy atom. The van der Waals surface area contributed by atoms with E-state index < -0.39 is 37.1 Å². The van der Waals surface area contributed by atoms with Gasteiger partial charge >= 0.3 is 69.7 Å². The Balaban J connectivity index is -0.000000331. The molecule has 0 saturated carbocycles. The van der Waals surface area contributed by atoms with Crippen LogP contribution in [0.1, 0.15) is 0 Å². The van der Waals surface area contributed by atoms with Crippen molar-refractivity contribution >= 4 is 20.7 Å². The molecule has 0 aliphatic heterocycles. The monoisotopic (exact) mass is 424 g/mol. The van der Waals surface area contributed by atoms with Crippen LogP contribution in [0.2, 0.25) is 0 Å². The molecule has 14 heteroatoms. The van der Waals surface area contributed by atoms with E-state index in [0.29, 0.717) is 0 Å². The summed E-state index contributed by atoms with van der Waals surface area (Å²) in [5.74, 6) is -1.78. The van der Waals surface area contributed by atoms with Crippen molar-refractivity contribution in [3.63, 3.8) is 0 Å². The maximum atomic E-state index is 10.4. The van der Waals surface area contributed by atoms with Crippen LogP contribution in [0.25, 0.3) is 0 Å². The third kappa shape index (κ3) is 12.5. The molecule has 0 atom stereocenters. The van der Waals surface area contributed by atoms with Gasteiger partial charge in [-0.1, -0.05) is 12.1 Å². The van der Waals surface area contributed by atoms with Crippen LogP contribution in [0, 0.1) is 6.07 Å². The first-order valence-corrected chi connectivity index (χ1v) is 7.99. The molecule has 0 bridgehead atoms. The van der Waals surface area contributed by atoms with E-state index in [4.69, 9.17) is 33.1 Å². The summed E-state index contributed by atoms with van der Waals surface area (Å²) in [4.78, 5) is -0.873. The molecule has 2 aromatic rings. The standard InChI is InChI=1S/C6H5O5S.C6H6O2.2Na.O3S/c7-4-2-1-3-5(6(4)8)12(9,10)11;7-5-3-1-2-4-6(5)8;;;1-4(2)3/h2-3,7-8H,(H,9,10,11);1-4,7-8H;;;/q-1;;2*+1;/p-1. The second kappa shape index (κ2) is 14.3. The van der Waals surface area contributed by atoms with E-state index in [9.17, 15) is 13.0 Å². The Morgan fingerprint density at radius 1 is 0.846 bits per heavy atom. The predicted molar refractivity (Wildman–Crippen MR) is 76.0 cm³/mol. The van der Waals surface area contributed by atoms with Crippen LogP contribution < -0.4 is 59.1 Å². The Morgan fingerprint density at radius 2 is 1.23 bits per heavy atom. The largest absolute Gasteiger partial charge is 1.00 e. The zero-order chi connectivity index (χ0) is 18.9. The molecule has 0 radical (unpaired) electrons. The van der Waals surface area contributed by atoms with E-state index in [0.717, 1.165) is 12.1 Å². The van der Waals surface area contributed by atoms with Crippen molar-refractivity contribution in [2.45, 2.75) is 4.90 Å². The molecular formula is C12H10Na2O10S2. The van der Waals surface area contributed by atoms with Crippen molar-refractivity contribution in [2.24, 2.45) is 0 Å². The van der Waals surface area contributed by atoms with Crippen LogP contribution in [-0.4, -0.2) is 46.0 Å². The van der Waals surface area contributed by atoms with Gasteiger partial charge in [0.2, 0.25) is 0 Å². The van der Waals surface area contributed by atoms with Crippen LogP contribution >= 0.6 is 0 Å². The van der Waals surface area contributed by atoms with Gasteiger partial charge in [-0.15, -0.1) is 18.7 Å². The molecule has 0 spiro atoms. The molecule has 0 fully saturated rings. The van der Waals surface area contributed by atoms with Crippen molar-refractivity contribution < 1.29 is 105 Å². The van der Waals surface area contributed by atoms with Crippen molar-refractivity contribution in [1.82, 2.24) is 0 Å². The van der Waals surface area contributed by atoms with E-state index >= 15 is 0 Å². The van der Waals surface area contributed by atoms with Crippen LogP contribution in [0.15, 0.2) is 41.3 Å². The summed E-state index contributed by atoms with van der Waals surface area (Å²) in [6, 6.07) is 10.1. The molecule has 0 aliphatic carbocycles. The van der Waals surface area contributed by atoms with Crippen molar-refractivity contribution in [3.05, 3.63) is 42.5 Å². The van der Waals surface area contributed by atoms with Crippen LogP contribution in [-0.2, 0) is 20.7 Å². The summed E-state index contributed by atoms with van der Waals surface area (Å²) in [7, 11) is -7.86. The molecule has 0 saturated heterocycles. The maximum absolute atomic E-state index is 10.4. The number of benzene rings is 2. The minimum atomic E-state index is -4.75. The van der Waals surface area contributed by atoms with Gasteiger partial charge in [0.05, 0.1) is 15.9 Å². The Kier molecular flexibility index (Phi) is 16.4. The van der Waals surface area contributed by atoms with Gasteiger partial charge in [-0.3, -0.25) is 8.42 Å². The molecule has 26 heavy (non-hydrogen) atoms. The van der Waals surface area contributed by atoms with Gasteiger partial charge in [-0.25, -0.2) is 0 Å². The molecule has 0 aliphatic rings. The molecule has 10 nitrogen and oxygen atoms in total. The summed E-state index contributed by atoms with van der Waals surface area (Å²) in [5, 5.41) is 35.0. The van der Waals surface area contributed by atoms with Crippen molar-refractivity contribution in [1.29, 1.82) is 0 Å². The topological polar surface area (TPSA) is 189 Å². The minimum absolute atomic E-state index is 0. The number of rotatable bonds is 1. The second-order valence-electron chi connectivity index (χ2n) is 3.70. The summed E-state index contributed by atoms with van der Waals surface area (Å²) < 4.78 is 56.4. The summed E-state index contributed by atoms with van der Waals surface area (Å²) in [5.41, 5.74) is 0. The van der Waals surface area contributed by atoms with Gasteiger partial charge < -0.3 is 25.0 Å². The zero-order valence-corrected chi connectivity index (χ0v) is 19.2. The number of hydrogen-bond donors (Lipinski definition) is 4. The third-order valence-electron chi connectivity index (χ3n) is 2.06. The fourth-order valence-corrected chi connectivity index (χ4v) is 1.67. The molecule has 0 heterocycles. The van der Waals surface area contributed by atoms with Gasteiger partial charge in [0.25, 0.3) is 0 Å².